The molecule has 1 fully saturated rings. The van der Waals surface area contributed by atoms with Gasteiger partial charge in [0, 0.05) is 0 Å². The van der Waals surface area contributed by atoms with E-state index < -0.39 is 0 Å². The van der Waals surface area contributed by atoms with E-state index in [1.807, 2.05) is 0 Å². The summed E-state index contributed by atoms with van der Waals surface area (Å²) in [6, 6.07) is 0. The molecule has 1 rings (SSSR count). The Morgan fingerprint density at radius 2 is 1.70 bits per heavy atom. The van der Waals surface area contributed by atoms with Gasteiger partial charge in [0.15, 0.2) is 0 Å². The van der Waals surface area contributed by atoms with E-state index in [0.717, 1.165) is 0 Å². The molecule has 0 unspecified atom stereocenters. The summed E-state index contributed by atoms with van der Waals surface area (Å²) < 4.78 is 0. The molecule has 0 aromatic heterocycles. The zero-order chi connectivity index (χ0) is 7.23. The Kier molecular flexibility index (Phi) is 3.96. The molecular weight excluding hydrogens is 140 g/mol. The second-order valence-corrected chi connectivity index (χ2v) is 4.15. The Morgan fingerprint density at radius 1 is 1.00 bits per heavy atom. The predicted molar refractivity (Wildman–Crippen MR) is 49.6 cm³/mol. The van der Waals surface area contributed by atoms with Gasteiger partial charge < -0.3 is 0 Å². The van der Waals surface area contributed by atoms with E-state index in [9.17, 15) is 0 Å². The third-order valence-corrected chi connectivity index (χ3v) is 3.04. The standard InChI is InChI=1S/C9H16S/c1-9-5-2-3-7-10-8-4-6-9/h1-8H2. The van der Waals surface area contributed by atoms with Crippen LogP contribution in [0.25, 0.3) is 0 Å². The van der Waals surface area contributed by atoms with Crippen LogP contribution in [-0.2, 0) is 0 Å². The molecule has 0 saturated carbocycles. The van der Waals surface area contributed by atoms with Crippen LogP contribution in [-0.4, -0.2) is 11.5 Å². The Balaban J connectivity index is 2.21. The van der Waals surface area contributed by atoms with Crippen molar-refractivity contribution in [3.05, 3.63) is 12.2 Å². The van der Waals surface area contributed by atoms with E-state index in [4.69, 9.17) is 0 Å². The van der Waals surface area contributed by atoms with Crippen LogP contribution >= 0.6 is 11.8 Å². The van der Waals surface area contributed by atoms with E-state index in [0.29, 0.717) is 0 Å². The van der Waals surface area contributed by atoms with Crippen molar-refractivity contribution in [2.75, 3.05) is 11.5 Å². The number of allylic oxidation sites excluding steroid dienone is 1. The summed E-state index contributed by atoms with van der Waals surface area (Å²) >= 11 is 2.10. The molecule has 58 valence electrons. The minimum Gasteiger partial charge on any atom is -0.162 e. The monoisotopic (exact) mass is 156 g/mol. The van der Waals surface area contributed by atoms with Gasteiger partial charge in [-0.05, 0) is 43.6 Å². The molecular formula is C9H16S. The molecule has 1 heterocycles. The van der Waals surface area contributed by atoms with Crippen molar-refractivity contribution in [1.29, 1.82) is 0 Å². The first-order valence-electron chi connectivity index (χ1n) is 4.14. The molecule has 0 N–H and O–H groups in total. The minimum atomic E-state index is 1.27. The topological polar surface area (TPSA) is 0 Å². The van der Waals surface area contributed by atoms with Crippen LogP contribution in [0.2, 0.25) is 0 Å². The highest BCUT2D eigenvalue weighted by molar-refractivity contribution is 7.99. The lowest BCUT2D eigenvalue weighted by atomic mass is 10.1. The third kappa shape index (κ3) is 3.31. The fourth-order valence-corrected chi connectivity index (χ4v) is 2.19. The minimum absolute atomic E-state index is 1.27. The van der Waals surface area contributed by atoms with Crippen LogP contribution in [0.15, 0.2) is 12.2 Å². The van der Waals surface area contributed by atoms with Crippen molar-refractivity contribution in [2.45, 2.75) is 32.1 Å². The maximum atomic E-state index is 4.05. The zero-order valence-electron chi connectivity index (χ0n) is 6.57. The van der Waals surface area contributed by atoms with Crippen molar-refractivity contribution >= 4 is 11.8 Å². The highest BCUT2D eigenvalue weighted by atomic mass is 32.2. The molecule has 0 spiro atoms. The Bertz CT molecular complexity index is 95.3. The molecule has 0 radical (unpaired) electrons. The average Bonchev–Trinajstić information content (AvgIpc) is 2.02. The van der Waals surface area contributed by atoms with Crippen molar-refractivity contribution in [2.24, 2.45) is 0 Å². The van der Waals surface area contributed by atoms with Crippen molar-refractivity contribution in [3.8, 4) is 0 Å². The van der Waals surface area contributed by atoms with Crippen molar-refractivity contribution < 1.29 is 0 Å². The highest BCUT2D eigenvalue weighted by Gasteiger charge is 1.99. The molecule has 0 atom stereocenters. The quantitative estimate of drug-likeness (QED) is 0.485. The first-order valence-corrected chi connectivity index (χ1v) is 5.29. The molecule has 0 aromatic rings. The van der Waals surface area contributed by atoms with Gasteiger partial charge in [-0.2, -0.15) is 11.8 Å². The molecule has 1 aliphatic rings. The number of hydrogen-bond acceptors (Lipinski definition) is 1. The van der Waals surface area contributed by atoms with E-state index in [1.165, 1.54) is 49.2 Å². The van der Waals surface area contributed by atoms with Crippen LogP contribution in [0.3, 0.4) is 0 Å². The molecule has 0 aromatic carbocycles. The van der Waals surface area contributed by atoms with E-state index in [2.05, 4.69) is 18.3 Å². The normalized spacial score (nSPS) is 23.0. The molecule has 0 bridgehead atoms. The lowest BCUT2D eigenvalue weighted by Crippen LogP contribution is -1.81. The van der Waals surface area contributed by atoms with Crippen LogP contribution in [0.4, 0.5) is 0 Å². The molecule has 10 heavy (non-hydrogen) atoms. The lowest BCUT2D eigenvalue weighted by Gasteiger charge is -1.99. The smallest absolute Gasteiger partial charge is 0.00645 e. The van der Waals surface area contributed by atoms with Gasteiger partial charge in [-0.25, -0.2) is 0 Å². The van der Waals surface area contributed by atoms with E-state index >= 15 is 0 Å². The van der Waals surface area contributed by atoms with Gasteiger partial charge in [-0.3, -0.25) is 0 Å². The maximum absolute atomic E-state index is 4.05. The Labute approximate surface area is 68.1 Å². The number of hydrogen-bond donors (Lipinski definition) is 0. The molecule has 0 nitrogen and oxygen atoms in total. The number of thioether (sulfide) groups is 1. The fraction of sp³-hybridized carbons (Fsp3) is 0.778. The summed E-state index contributed by atoms with van der Waals surface area (Å²) in [5, 5.41) is 0. The average molecular weight is 156 g/mol. The summed E-state index contributed by atoms with van der Waals surface area (Å²) in [7, 11) is 0. The van der Waals surface area contributed by atoms with Gasteiger partial charge >= 0.3 is 0 Å². The van der Waals surface area contributed by atoms with Gasteiger partial charge in [-0.15, -0.1) is 0 Å². The van der Waals surface area contributed by atoms with Crippen LogP contribution < -0.4 is 0 Å². The Morgan fingerprint density at radius 3 is 2.60 bits per heavy atom. The number of rotatable bonds is 0. The molecule has 1 aliphatic heterocycles. The molecule has 1 heteroatoms. The van der Waals surface area contributed by atoms with E-state index in [1.54, 1.807) is 0 Å². The SMILES string of the molecule is C=C1CCCCSCCC1. The first-order chi connectivity index (χ1) is 4.89. The van der Waals surface area contributed by atoms with Crippen LogP contribution in [0, 0.1) is 0 Å². The van der Waals surface area contributed by atoms with Gasteiger partial charge in [0.25, 0.3) is 0 Å². The maximum Gasteiger partial charge on any atom is -0.00645 e. The van der Waals surface area contributed by atoms with Crippen LogP contribution in [0.1, 0.15) is 32.1 Å². The fourth-order valence-electron chi connectivity index (χ4n) is 1.23. The molecule has 1 saturated heterocycles. The second kappa shape index (κ2) is 4.84. The highest BCUT2D eigenvalue weighted by Crippen LogP contribution is 2.18. The third-order valence-electron chi connectivity index (χ3n) is 1.89. The lowest BCUT2D eigenvalue weighted by molar-refractivity contribution is 0.763. The first kappa shape index (κ1) is 8.19. The van der Waals surface area contributed by atoms with Crippen molar-refractivity contribution in [1.82, 2.24) is 0 Å². The summed E-state index contributed by atoms with van der Waals surface area (Å²) in [6.45, 7) is 4.05. The zero-order valence-corrected chi connectivity index (χ0v) is 7.38. The van der Waals surface area contributed by atoms with Crippen LogP contribution in [0.5, 0.6) is 0 Å². The summed E-state index contributed by atoms with van der Waals surface area (Å²) in [6.07, 6.45) is 6.66. The summed E-state index contributed by atoms with van der Waals surface area (Å²) in [5.74, 6) is 2.71. The van der Waals surface area contributed by atoms with Gasteiger partial charge in [0.05, 0.1) is 0 Å². The van der Waals surface area contributed by atoms with Crippen molar-refractivity contribution in [3.63, 3.8) is 0 Å². The molecule has 0 amide bonds. The predicted octanol–water partition coefficient (Wildman–Crippen LogP) is 3.24. The Hall–Kier alpha value is 0.0900. The second-order valence-electron chi connectivity index (χ2n) is 2.92. The molecule has 0 aliphatic carbocycles. The summed E-state index contributed by atoms with van der Waals surface area (Å²) in [5.41, 5.74) is 1.47. The summed E-state index contributed by atoms with van der Waals surface area (Å²) in [4.78, 5) is 0. The van der Waals surface area contributed by atoms with Gasteiger partial charge in [0.1, 0.15) is 0 Å². The largest absolute Gasteiger partial charge is 0.162 e. The van der Waals surface area contributed by atoms with Gasteiger partial charge in [0.2, 0.25) is 0 Å². The van der Waals surface area contributed by atoms with Gasteiger partial charge in [-0.1, -0.05) is 12.2 Å². The van der Waals surface area contributed by atoms with E-state index in [-0.39, 0.29) is 0 Å².